The molecule has 0 aliphatic heterocycles. The quantitative estimate of drug-likeness (QED) is 0.544. The van der Waals surface area contributed by atoms with E-state index in [4.69, 9.17) is 9.47 Å². The van der Waals surface area contributed by atoms with Gasteiger partial charge in [-0.05, 0) is 29.8 Å². The van der Waals surface area contributed by atoms with E-state index in [0.717, 1.165) is 16.5 Å². The monoisotopic (exact) mass is 388 g/mol. The summed E-state index contributed by atoms with van der Waals surface area (Å²) in [5, 5.41) is 3.90. The fraction of sp³-hybridized carbons (Fsp3) is 0.136. The summed E-state index contributed by atoms with van der Waals surface area (Å²) in [5.41, 5.74) is 2.49. The van der Waals surface area contributed by atoms with Crippen molar-refractivity contribution in [3.63, 3.8) is 0 Å². The molecule has 1 N–H and O–H groups in total. The van der Waals surface area contributed by atoms with Gasteiger partial charge in [-0.3, -0.25) is 9.78 Å². The average Bonchev–Trinajstić information content (AvgIpc) is 3.20. The van der Waals surface area contributed by atoms with Gasteiger partial charge in [-0.1, -0.05) is 24.3 Å². The zero-order valence-electron chi connectivity index (χ0n) is 16.1. The maximum absolute atomic E-state index is 12.6. The van der Waals surface area contributed by atoms with Gasteiger partial charge in [0.15, 0.2) is 17.3 Å². The Bertz CT molecular complexity index is 1160. The largest absolute Gasteiger partial charge is 0.493 e. The van der Waals surface area contributed by atoms with Crippen LogP contribution in [-0.2, 0) is 6.54 Å². The van der Waals surface area contributed by atoms with E-state index in [1.54, 1.807) is 44.0 Å². The molecule has 0 radical (unpaired) electrons. The second-order valence-corrected chi connectivity index (χ2v) is 6.45. The van der Waals surface area contributed by atoms with Crippen molar-refractivity contribution in [2.45, 2.75) is 6.54 Å². The highest BCUT2D eigenvalue weighted by atomic mass is 16.5. The fourth-order valence-electron chi connectivity index (χ4n) is 3.17. The molecule has 0 saturated heterocycles. The number of imidazole rings is 1. The van der Waals surface area contributed by atoms with Gasteiger partial charge in [-0.2, -0.15) is 0 Å². The van der Waals surface area contributed by atoms with Gasteiger partial charge in [0, 0.05) is 23.3 Å². The molecule has 2 aromatic carbocycles. The molecule has 7 nitrogen and oxygen atoms in total. The number of ether oxygens (including phenoxy) is 2. The molecule has 146 valence electrons. The van der Waals surface area contributed by atoms with Gasteiger partial charge >= 0.3 is 0 Å². The van der Waals surface area contributed by atoms with Crippen molar-refractivity contribution in [2.75, 3.05) is 19.5 Å². The molecule has 29 heavy (non-hydrogen) atoms. The van der Waals surface area contributed by atoms with Gasteiger partial charge < -0.3 is 19.4 Å². The van der Waals surface area contributed by atoms with Gasteiger partial charge in [0.25, 0.3) is 5.91 Å². The molecule has 0 saturated carbocycles. The van der Waals surface area contributed by atoms with Crippen LogP contribution in [0.2, 0.25) is 0 Å². The van der Waals surface area contributed by atoms with E-state index in [0.29, 0.717) is 29.4 Å². The van der Waals surface area contributed by atoms with E-state index in [-0.39, 0.29) is 5.91 Å². The summed E-state index contributed by atoms with van der Waals surface area (Å²) in [5.74, 6) is 1.26. The third-order valence-corrected chi connectivity index (χ3v) is 4.59. The third kappa shape index (κ3) is 3.89. The summed E-state index contributed by atoms with van der Waals surface area (Å²) < 4.78 is 12.4. The molecule has 0 aliphatic rings. The Kier molecular flexibility index (Phi) is 5.11. The van der Waals surface area contributed by atoms with E-state index in [1.165, 1.54) is 7.11 Å². The van der Waals surface area contributed by atoms with Crippen LogP contribution in [0.15, 0.2) is 67.3 Å². The molecule has 1 amide bonds. The maximum atomic E-state index is 12.6. The lowest BCUT2D eigenvalue weighted by molar-refractivity contribution is 0.102. The predicted octanol–water partition coefficient (Wildman–Crippen LogP) is 3.75. The van der Waals surface area contributed by atoms with E-state index in [2.05, 4.69) is 15.3 Å². The Balaban J connectivity index is 1.50. The Morgan fingerprint density at radius 3 is 2.69 bits per heavy atom. The summed E-state index contributed by atoms with van der Waals surface area (Å²) in [6.07, 6.45) is 5.26. The van der Waals surface area contributed by atoms with E-state index in [1.807, 2.05) is 34.9 Å². The molecular weight excluding hydrogens is 368 g/mol. The van der Waals surface area contributed by atoms with Gasteiger partial charge in [0.2, 0.25) is 0 Å². The van der Waals surface area contributed by atoms with Crippen molar-refractivity contribution in [1.82, 2.24) is 14.5 Å². The first-order valence-corrected chi connectivity index (χ1v) is 9.05. The summed E-state index contributed by atoms with van der Waals surface area (Å²) >= 11 is 0. The smallest absolute Gasteiger partial charge is 0.256 e. The van der Waals surface area contributed by atoms with Crippen LogP contribution in [0.4, 0.5) is 5.82 Å². The molecule has 2 heterocycles. The number of hydrogen-bond donors (Lipinski definition) is 1. The number of para-hydroxylation sites is 1. The molecule has 0 bridgehead atoms. The lowest BCUT2D eigenvalue weighted by atomic mass is 10.1. The first kappa shape index (κ1) is 18.5. The molecular formula is C22H20N4O3. The van der Waals surface area contributed by atoms with Crippen LogP contribution in [0.1, 0.15) is 15.9 Å². The normalized spacial score (nSPS) is 10.7. The number of benzene rings is 2. The zero-order chi connectivity index (χ0) is 20.2. The number of pyridine rings is 1. The van der Waals surface area contributed by atoms with Crippen LogP contribution in [0.5, 0.6) is 11.5 Å². The zero-order valence-corrected chi connectivity index (χ0v) is 16.1. The number of carbonyl (C=O) groups excluding carboxylic acids is 1. The molecule has 0 atom stereocenters. The highest BCUT2D eigenvalue weighted by molar-refractivity contribution is 6.04. The molecule has 7 heteroatoms. The Hall–Kier alpha value is -3.87. The van der Waals surface area contributed by atoms with Crippen LogP contribution < -0.4 is 14.8 Å². The van der Waals surface area contributed by atoms with Crippen molar-refractivity contribution in [3.8, 4) is 11.5 Å². The van der Waals surface area contributed by atoms with Gasteiger partial charge in [0.05, 0.1) is 32.6 Å². The Morgan fingerprint density at radius 1 is 1.03 bits per heavy atom. The minimum Gasteiger partial charge on any atom is -0.493 e. The highest BCUT2D eigenvalue weighted by Crippen LogP contribution is 2.27. The Morgan fingerprint density at radius 2 is 1.86 bits per heavy atom. The van der Waals surface area contributed by atoms with Gasteiger partial charge in [0.1, 0.15) is 0 Å². The van der Waals surface area contributed by atoms with Crippen molar-refractivity contribution < 1.29 is 14.3 Å². The third-order valence-electron chi connectivity index (χ3n) is 4.59. The van der Waals surface area contributed by atoms with Gasteiger partial charge in [-0.25, -0.2) is 4.98 Å². The lowest BCUT2D eigenvalue weighted by Gasteiger charge is -2.09. The van der Waals surface area contributed by atoms with Gasteiger partial charge in [-0.15, -0.1) is 0 Å². The number of anilines is 1. The minimum absolute atomic E-state index is 0.275. The summed E-state index contributed by atoms with van der Waals surface area (Å²) in [4.78, 5) is 21.3. The summed E-state index contributed by atoms with van der Waals surface area (Å²) in [6.45, 7) is 0.605. The fourth-order valence-corrected chi connectivity index (χ4v) is 3.17. The Labute approximate surface area is 167 Å². The van der Waals surface area contributed by atoms with Crippen molar-refractivity contribution in [3.05, 3.63) is 78.4 Å². The van der Waals surface area contributed by atoms with Crippen LogP contribution in [-0.4, -0.2) is 34.7 Å². The number of aromatic nitrogens is 3. The molecule has 4 rings (SSSR count). The topological polar surface area (TPSA) is 78.3 Å². The lowest BCUT2D eigenvalue weighted by Crippen LogP contribution is -2.12. The van der Waals surface area contributed by atoms with Crippen molar-refractivity contribution in [2.24, 2.45) is 0 Å². The molecule has 4 aromatic rings. The maximum Gasteiger partial charge on any atom is 0.256 e. The second kappa shape index (κ2) is 8.02. The van der Waals surface area contributed by atoms with E-state index < -0.39 is 0 Å². The molecule has 0 unspecified atom stereocenters. The number of rotatable bonds is 6. The first-order valence-electron chi connectivity index (χ1n) is 9.05. The van der Waals surface area contributed by atoms with Crippen LogP contribution in [0.25, 0.3) is 10.9 Å². The van der Waals surface area contributed by atoms with E-state index >= 15 is 0 Å². The number of fused-ring (bicyclic) bond motifs is 1. The molecule has 0 fully saturated rings. The second-order valence-electron chi connectivity index (χ2n) is 6.45. The highest BCUT2D eigenvalue weighted by Gasteiger charge is 2.12. The van der Waals surface area contributed by atoms with E-state index in [9.17, 15) is 4.79 Å². The van der Waals surface area contributed by atoms with Crippen molar-refractivity contribution in [1.29, 1.82) is 0 Å². The number of nitrogens with one attached hydrogen (secondary N) is 1. The SMILES string of the molecule is COc1ccc(C(=O)Nc2cn(Cc3cccc4cccnc34)cn2)cc1OC. The van der Waals surface area contributed by atoms with Crippen LogP contribution >= 0.6 is 0 Å². The standard InChI is InChI=1S/C22H20N4O3/c1-28-18-9-8-16(11-19(18)29-2)22(27)25-20-13-26(14-24-20)12-17-6-3-5-15-7-4-10-23-21(15)17/h3-11,13-14H,12H2,1-2H3,(H,25,27). The average molecular weight is 388 g/mol. The number of hydrogen-bond acceptors (Lipinski definition) is 5. The number of carbonyl (C=O) groups is 1. The van der Waals surface area contributed by atoms with Crippen LogP contribution in [0.3, 0.4) is 0 Å². The minimum atomic E-state index is -0.275. The summed E-state index contributed by atoms with van der Waals surface area (Å²) in [7, 11) is 3.08. The number of amides is 1. The first-order chi connectivity index (χ1) is 14.2. The van der Waals surface area contributed by atoms with Crippen molar-refractivity contribution >= 4 is 22.6 Å². The van der Waals surface area contributed by atoms with Crippen LogP contribution in [0, 0.1) is 0 Å². The number of nitrogens with zero attached hydrogens (tertiary/aromatic N) is 3. The summed E-state index contributed by atoms with van der Waals surface area (Å²) in [6, 6.07) is 15.0. The number of methoxy groups -OCH3 is 2. The predicted molar refractivity (Wildman–Crippen MR) is 111 cm³/mol. The molecule has 2 aromatic heterocycles. The molecule has 0 aliphatic carbocycles. The molecule has 0 spiro atoms.